The molecule has 0 radical (unpaired) electrons. The van der Waals surface area contributed by atoms with Crippen LogP contribution in [0.3, 0.4) is 0 Å². The summed E-state index contributed by atoms with van der Waals surface area (Å²) in [7, 11) is 1.14. The van der Waals surface area contributed by atoms with Crippen LogP contribution >= 0.6 is 0 Å². The number of carbonyl (C=O) groups excluding carboxylic acids is 3. The van der Waals surface area contributed by atoms with Crippen molar-refractivity contribution in [1.29, 1.82) is 0 Å². The first-order chi connectivity index (χ1) is 12.4. The first kappa shape index (κ1) is 19.7. The number of ether oxygens (including phenoxy) is 3. The highest BCUT2D eigenvalue weighted by Crippen LogP contribution is 2.29. The van der Waals surface area contributed by atoms with Gasteiger partial charge in [-0.2, -0.15) is 0 Å². The minimum atomic E-state index is -0.971. The monoisotopic (exact) mass is 364 g/mol. The van der Waals surface area contributed by atoms with Gasteiger partial charge in [0.2, 0.25) is 5.88 Å². The fraction of sp³-hybridized carbons (Fsp3) is 0.556. The number of hydrogen-bond acceptors (Lipinski definition) is 7. The third-order valence-electron chi connectivity index (χ3n) is 4.23. The lowest BCUT2D eigenvalue weighted by molar-refractivity contribution is -0.150. The standard InChI is InChI=1S/C18H24N2O6/c1-4-25-17(22)12-5-7-14(8-6-12)26-16-11(2)9-13(10-19-16)20-15(21)18(23)24-3/h9-10,12,14H,4-8H2,1-3H3,(H,20,21). The molecule has 0 aliphatic heterocycles. The summed E-state index contributed by atoms with van der Waals surface area (Å²) in [5.41, 5.74) is 1.12. The Morgan fingerprint density at radius 2 is 1.92 bits per heavy atom. The molecule has 1 aliphatic carbocycles. The molecule has 1 aromatic heterocycles. The normalized spacial score (nSPS) is 19.3. The van der Waals surface area contributed by atoms with Crippen molar-refractivity contribution in [3.8, 4) is 5.88 Å². The Bertz CT molecular complexity index is 668. The van der Waals surface area contributed by atoms with Crippen molar-refractivity contribution in [2.24, 2.45) is 5.92 Å². The molecule has 26 heavy (non-hydrogen) atoms. The van der Waals surface area contributed by atoms with Gasteiger partial charge in [0, 0.05) is 5.56 Å². The zero-order valence-corrected chi connectivity index (χ0v) is 15.2. The average Bonchev–Trinajstić information content (AvgIpc) is 2.64. The Morgan fingerprint density at radius 3 is 2.50 bits per heavy atom. The quantitative estimate of drug-likeness (QED) is 0.629. The van der Waals surface area contributed by atoms with Gasteiger partial charge in [0.05, 0.1) is 31.5 Å². The van der Waals surface area contributed by atoms with Gasteiger partial charge in [-0.25, -0.2) is 9.78 Å². The van der Waals surface area contributed by atoms with E-state index in [1.165, 1.54) is 6.20 Å². The molecule has 0 atom stereocenters. The molecule has 1 heterocycles. The topological polar surface area (TPSA) is 104 Å². The van der Waals surface area contributed by atoms with Crippen molar-refractivity contribution in [2.45, 2.75) is 45.6 Å². The van der Waals surface area contributed by atoms with Crippen LogP contribution in [0.4, 0.5) is 5.69 Å². The molecule has 1 N–H and O–H groups in total. The number of nitrogens with zero attached hydrogens (tertiary/aromatic N) is 1. The maximum Gasteiger partial charge on any atom is 0.396 e. The second-order valence-corrected chi connectivity index (χ2v) is 6.14. The molecule has 8 nitrogen and oxygen atoms in total. The van der Waals surface area contributed by atoms with Crippen molar-refractivity contribution in [3.05, 3.63) is 17.8 Å². The number of pyridine rings is 1. The van der Waals surface area contributed by atoms with Crippen LogP contribution in [0.1, 0.15) is 38.2 Å². The molecule has 8 heteroatoms. The van der Waals surface area contributed by atoms with Crippen LogP contribution < -0.4 is 10.1 Å². The van der Waals surface area contributed by atoms with Crippen LogP contribution in [0.5, 0.6) is 5.88 Å². The number of methoxy groups -OCH3 is 1. The van der Waals surface area contributed by atoms with Gasteiger partial charge in [0.15, 0.2) is 0 Å². The van der Waals surface area contributed by atoms with E-state index in [1.54, 1.807) is 19.9 Å². The van der Waals surface area contributed by atoms with Crippen LogP contribution in [0.25, 0.3) is 0 Å². The highest BCUT2D eigenvalue weighted by molar-refractivity contribution is 6.37. The van der Waals surface area contributed by atoms with E-state index >= 15 is 0 Å². The highest BCUT2D eigenvalue weighted by atomic mass is 16.5. The van der Waals surface area contributed by atoms with Crippen molar-refractivity contribution in [3.63, 3.8) is 0 Å². The third-order valence-corrected chi connectivity index (χ3v) is 4.23. The van der Waals surface area contributed by atoms with Gasteiger partial charge in [0.1, 0.15) is 6.10 Å². The van der Waals surface area contributed by atoms with Gasteiger partial charge in [-0.1, -0.05) is 0 Å². The number of hydrogen-bond donors (Lipinski definition) is 1. The largest absolute Gasteiger partial charge is 0.474 e. The predicted molar refractivity (Wildman–Crippen MR) is 92.6 cm³/mol. The van der Waals surface area contributed by atoms with Crippen molar-refractivity contribution >= 4 is 23.5 Å². The van der Waals surface area contributed by atoms with Crippen LogP contribution in [-0.4, -0.2) is 42.7 Å². The van der Waals surface area contributed by atoms with Gasteiger partial charge in [-0.3, -0.25) is 9.59 Å². The van der Waals surface area contributed by atoms with E-state index in [9.17, 15) is 14.4 Å². The molecule has 0 bridgehead atoms. The van der Waals surface area contributed by atoms with Crippen LogP contribution in [0.2, 0.25) is 0 Å². The summed E-state index contributed by atoms with van der Waals surface area (Å²) in [6.07, 6.45) is 4.39. The molecule has 1 aromatic rings. The first-order valence-electron chi connectivity index (χ1n) is 8.63. The molecular weight excluding hydrogens is 340 g/mol. The number of esters is 2. The lowest BCUT2D eigenvalue weighted by atomic mass is 9.87. The second kappa shape index (κ2) is 9.17. The fourth-order valence-corrected chi connectivity index (χ4v) is 2.86. The fourth-order valence-electron chi connectivity index (χ4n) is 2.86. The Balaban J connectivity index is 1.90. The SMILES string of the molecule is CCOC(=O)C1CCC(Oc2ncc(NC(=O)C(=O)OC)cc2C)CC1. The van der Waals surface area contributed by atoms with E-state index in [0.29, 0.717) is 18.2 Å². The van der Waals surface area contributed by atoms with Gasteiger partial charge < -0.3 is 19.5 Å². The molecule has 1 saturated carbocycles. The number of anilines is 1. The van der Waals surface area contributed by atoms with Gasteiger partial charge in [-0.15, -0.1) is 0 Å². The molecule has 0 aromatic carbocycles. The second-order valence-electron chi connectivity index (χ2n) is 6.14. The third kappa shape index (κ3) is 5.18. The Labute approximate surface area is 152 Å². The number of aromatic nitrogens is 1. The van der Waals surface area contributed by atoms with Crippen molar-refractivity contribution < 1.29 is 28.6 Å². The summed E-state index contributed by atoms with van der Waals surface area (Å²) in [5.74, 6) is -1.55. The Morgan fingerprint density at radius 1 is 1.23 bits per heavy atom. The Hall–Kier alpha value is -2.64. The molecule has 1 amide bonds. The smallest absolute Gasteiger partial charge is 0.396 e. The van der Waals surface area contributed by atoms with E-state index in [-0.39, 0.29) is 18.0 Å². The van der Waals surface area contributed by atoms with Crippen molar-refractivity contribution in [1.82, 2.24) is 4.98 Å². The lowest BCUT2D eigenvalue weighted by Gasteiger charge is -2.27. The molecular formula is C18H24N2O6. The van der Waals surface area contributed by atoms with Gasteiger partial charge >= 0.3 is 17.8 Å². The maximum atomic E-state index is 11.8. The highest BCUT2D eigenvalue weighted by Gasteiger charge is 2.28. The van der Waals surface area contributed by atoms with Gasteiger partial charge in [0.25, 0.3) is 0 Å². The minimum Gasteiger partial charge on any atom is -0.474 e. The number of carbonyl (C=O) groups is 3. The van der Waals surface area contributed by atoms with E-state index in [4.69, 9.17) is 9.47 Å². The summed E-state index contributed by atoms with van der Waals surface area (Å²) in [4.78, 5) is 38.6. The van der Waals surface area contributed by atoms with Gasteiger partial charge in [-0.05, 0) is 45.6 Å². The molecule has 1 aliphatic rings. The van der Waals surface area contributed by atoms with E-state index in [0.717, 1.165) is 38.4 Å². The number of nitrogens with one attached hydrogen (secondary N) is 1. The summed E-state index contributed by atoms with van der Waals surface area (Å²) in [5, 5.41) is 2.41. The average molecular weight is 364 g/mol. The van der Waals surface area contributed by atoms with Crippen LogP contribution in [0.15, 0.2) is 12.3 Å². The summed E-state index contributed by atoms with van der Waals surface area (Å²) >= 11 is 0. The molecule has 1 fully saturated rings. The summed E-state index contributed by atoms with van der Waals surface area (Å²) < 4.78 is 15.3. The Kier molecular flexibility index (Phi) is 6.94. The van der Waals surface area contributed by atoms with Crippen LogP contribution in [-0.2, 0) is 23.9 Å². The predicted octanol–water partition coefficient (Wildman–Crippen LogP) is 2.00. The van der Waals surface area contributed by atoms with E-state index < -0.39 is 11.9 Å². The molecule has 142 valence electrons. The summed E-state index contributed by atoms with van der Waals surface area (Å²) in [6, 6.07) is 1.67. The first-order valence-corrected chi connectivity index (χ1v) is 8.63. The van der Waals surface area contributed by atoms with Crippen LogP contribution in [0, 0.1) is 12.8 Å². The maximum absolute atomic E-state index is 11.8. The number of amides is 1. The van der Waals surface area contributed by atoms with Crippen molar-refractivity contribution in [2.75, 3.05) is 19.0 Å². The van der Waals surface area contributed by atoms with E-state index in [1.807, 2.05) is 0 Å². The molecule has 0 unspecified atom stereocenters. The zero-order valence-electron chi connectivity index (χ0n) is 15.2. The number of aryl methyl sites for hydroxylation is 1. The van der Waals surface area contributed by atoms with E-state index in [2.05, 4.69) is 15.0 Å². The zero-order chi connectivity index (χ0) is 19.1. The molecule has 2 rings (SSSR count). The minimum absolute atomic E-state index is 0.0117. The molecule has 0 spiro atoms. The summed E-state index contributed by atoms with van der Waals surface area (Å²) in [6.45, 7) is 4.01. The molecule has 0 saturated heterocycles. The number of rotatable bonds is 5. The lowest BCUT2D eigenvalue weighted by Crippen LogP contribution is -2.29.